The Morgan fingerprint density at radius 1 is 1.05 bits per heavy atom. The van der Waals surface area contributed by atoms with E-state index in [0.29, 0.717) is 23.5 Å². The molecule has 0 radical (unpaired) electrons. The number of halogens is 1. The zero-order chi connectivity index (χ0) is 28.3. The second kappa shape index (κ2) is 11.7. The van der Waals surface area contributed by atoms with Crippen molar-refractivity contribution in [3.8, 4) is 5.75 Å². The summed E-state index contributed by atoms with van der Waals surface area (Å²) in [4.78, 5) is 40.9. The zero-order valence-corrected chi connectivity index (χ0v) is 22.8. The molecule has 2 fully saturated rings. The van der Waals surface area contributed by atoms with Crippen molar-refractivity contribution in [2.75, 3.05) is 19.7 Å². The fourth-order valence-corrected chi connectivity index (χ4v) is 5.32. The van der Waals surface area contributed by atoms with Crippen LogP contribution >= 0.6 is 0 Å². The van der Waals surface area contributed by atoms with Crippen LogP contribution in [0.3, 0.4) is 0 Å². The van der Waals surface area contributed by atoms with Crippen LogP contribution in [0.15, 0.2) is 42.5 Å². The van der Waals surface area contributed by atoms with Gasteiger partial charge in [-0.3, -0.25) is 9.59 Å². The number of nitrogens with zero attached hydrogens (tertiary/aromatic N) is 1. The Kier molecular flexibility index (Phi) is 8.59. The number of hydrogen-bond donors (Lipinski definition) is 1. The lowest BCUT2D eigenvalue weighted by Gasteiger charge is -2.42. The molecule has 2 aliphatic rings. The SMILES string of the molecule is Cc1c(F)cccc1[C@@H]1[C@@H](C(=O)c2cccc(OC3CCCCO3)c2)CN(C(=O)OC(C)(C)C)C[C@H]1C(=O)O. The zero-order valence-electron chi connectivity index (χ0n) is 22.8. The molecule has 0 bridgehead atoms. The molecule has 1 unspecified atom stereocenters. The lowest BCUT2D eigenvalue weighted by atomic mass is 9.70. The summed E-state index contributed by atoms with van der Waals surface area (Å²) in [5, 5.41) is 10.2. The molecule has 0 spiro atoms. The molecular weight excluding hydrogens is 505 g/mol. The van der Waals surface area contributed by atoms with Crippen LogP contribution in [0.5, 0.6) is 5.75 Å². The van der Waals surface area contributed by atoms with E-state index < -0.39 is 47.5 Å². The van der Waals surface area contributed by atoms with Crippen molar-refractivity contribution in [3.05, 3.63) is 65.0 Å². The van der Waals surface area contributed by atoms with Crippen molar-refractivity contribution >= 4 is 17.8 Å². The van der Waals surface area contributed by atoms with Gasteiger partial charge >= 0.3 is 12.1 Å². The first-order valence-corrected chi connectivity index (χ1v) is 13.3. The van der Waals surface area contributed by atoms with Gasteiger partial charge in [0.1, 0.15) is 17.2 Å². The van der Waals surface area contributed by atoms with Crippen LogP contribution in [-0.4, -0.2) is 59.4 Å². The Hall–Kier alpha value is -3.46. The highest BCUT2D eigenvalue weighted by Gasteiger charge is 2.47. The minimum atomic E-state index is -1.18. The number of ketones is 1. The van der Waals surface area contributed by atoms with Crippen LogP contribution in [0.4, 0.5) is 9.18 Å². The molecule has 4 rings (SSSR count). The van der Waals surface area contributed by atoms with Crippen LogP contribution in [0.1, 0.15) is 67.4 Å². The van der Waals surface area contributed by atoms with Gasteiger partial charge in [-0.25, -0.2) is 9.18 Å². The Bertz CT molecular complexity index is 1220. The fraction of sp³-hybridized carbons (Fsp3) is 0.500. The second-order valence-electron chi connectivity index (χ2n) is 11.2. The van der Waals surface area contributed by atoms with Crippen molar-refractivity contribution in [2.45, 2.75) is 64.8 Å². The van der Waals surface area contributed by atoms with Gasteiger partial charge < -0.3 is 24.2 Å². The molecule has 39 heavy (non-hydrogen) atoms. The number of carbonyl (C=O) groups excluding carboxylic acids is 2. The normalized spacial score (nSPS) is 23.7. The largest absolute Gasteiger partial charge is 0.481 e. The first-order chi connectivity index (χ1) is 18.4. The summed E-state index contributed by atoms with van der Waals surface area (Å²) in [7, 11) is 0. The third kappa shape index (κ3) is 6.76. The predicted octanol–water partition coefficient (Wildman–Crippen LogP) is 5.57. The quantitative estimate of drug-likeness (QED) is 0.477. The van der Waals surface area contributed by atoms with E-state index >= 15 is 0 Å². The third-order valence-electron chi connectivity index (χ3n) is 7.20. The van der Waals surface area contributed by atoms with E-state index in [1.54, 1.807) is 58.0 Å². The summed E-state index contributed by atoms with van der Waals surface area (Å²) in [6, 6.07) is 11.1. The van der Waals surface area contributed by atoms with Gasteiger partial charge in [-0.2, -0.15) is 0 Å². The van der Waals surface area contributed by atoms with E-state index in [0.717, 1.165) is 19.3 Å². The van der Waals surface area contributed by atoms with E-state index in [-0.39, 0.29) is 24.4 Å². The van der Waals surface area contributed by atoms with E-state index in [1.165, 1.54) is 17.0 Å². The number of rotatable bonds is 6. The van der Waals surface area contributed by atoms with Crippen molar-refractivity contribution < 1.29 is 38.1 Å². The number of hydrogen-bond acceptors (Lipinski definition) is 6. The third-order valence-corrected chi connectivity index (χ3v) is 7.20. The minimum Gasteiger partial charge on any atom is -0.481 e. The lowest BCUT2D eigenvalue weighted by Crippen LogP contribution is -2.53. The van der Waals surface area contributed by atoms with Crippen LogP contribution < -0.4 is 4.74 Å². The summed E-state index contributed by atoms with van der Waals surface area (Å²) in [5.74, 6) is -4.55. The van der Waals surface area contributed by atoms with E-state index in [9.17, 15) is 23.9 Å². The number of benzene rings is 2. The van der Waals surface area contributed by atoms with Crippen molar-refractivity contribution in [1.29, 1.82) is 0 Å². The average Bonchev–Trinajstić information content (AvgIpc) is 2.89. The number of aliphatic carboxylic acids is 1. The summed E-state index contributed by atoms with van der Waals surface area (Å²) >= 11 is 0. The molecule has 9 heteroatoms. The smallest absolute Gasteiger partial charge is 0.410 e. The molecule has 1 N–H and O–H groups in total. The van der Waals surface area contributed by atoms with Crippen LogP contribution in [0.2, 0.25) is 0 Å². The van der Waals surface area contributed by atoms with Crippen LogP contribution in [0, 0.1) is 24.6 Å². The maximum absolute atomic E-state index is 14.6. The number of likely N-dealkylation sites (tertiary alicyclic amines) is 1. The molecule has 2 aliphatic heterocycles. The average molecular weight is 542 g/mol. The number of carbonyl (C=O) groups is 3. The number of Topliss-reactive ketones (excluding diaryl/α,β-unsaturated/α-hetero) is 1. The number of amides is 1. The van der Waals surface area contributed by atoms with Gasteiger partial charge in [0.2, 0.25) is 0 Å². The summed E-state index contributed by atoms with van der Waals surface area (Å²) in [5.41, 5.74) is 0.219. The lowest BCUT2D eigenvalue weighted by molar-refractivity contribution is -0.144. The van der Waals surface area contributed by atoms with Gasteiger partial charge in [0.15, 0.2) is 12.1 Å². The van der Waals surface area contributed by atoms with Gasteiger partial charge in [-0.1, -0.05) is 24.3 Å². The standard InChI is InChI=1S/C30H36FNO7/c1-18-21(11-8-12-24(18)31)26-22(16-32(17-23(26)28(34)35)29(36)39-30(2,3)4)27(33)19-9-7-10-20(15-19)38-25-13-5-6-14-37-25/h7-12,15,22-23,25-26H,5-6,13-14,16-17H2,1-4H3,(H,34,35)/t22-,23+,25?,26+/m0/s1. The number of carboxylic acid groups (broad SMARTS) is 1. The number of carboxylic acids is 1. The molecule has 1 amide bonds. The number of ether oxygens (including phenoxy) is 3. The van der Waals surface area contributed by atoms with Crippen molar-refractivity contribution in [2.24, 2.45) is 11.8 Å². The predicted molar refractivity (Wildman–Crippen MR) is 141 cm³/mol. The molecule has 8 nitrogen and oxygen atoms in total. The van der Waals surface area contributed by atoms with Gasteiger partial charge in [0, 0.05) is 36.9 Å². The Balaban J connectivity index is 1.72. The van der Waals surface area contributed by atoms with Gasteiger partial charge in [0.05, 0.1) is 12.5 Å². The number of piperidine rings is 1. The molecular formula is C30H36FNO7. The van der Waals surface area contributed by atoms with E-state index in [2.05, 4.69) is 0 Å². The molecule has 210 valence electrons. The molecule has 2 aromatic rings. The monoisotopic (exact) mass is 541 g/mol. The highest BCUT2D eigenvalue weighted by atomic mass is 19.1. The molecule has 0 aliphatic carbocycles. The Morgan fingerprint density at radius 2 is 1.77 bits per heavy atom. The van der Waals surface area contributed by atoms with Gasteiger partial charge in [-0.05, 0) is 69.9 Å². The maximum Gasteiger partial charge on any atom is 0.410 e. The highest BCUT2D eigenvalue weighted by molar-refractivity contribution is 5.99. The molecule has 2 aromatic carbocycles. The van der Waals surface area contributed by atoms with Crippen LogP contribution in [0.25, 0.3) is 0 Å². The van der Waals surface area contributed by atoms with Gasteiger partial charge in [0.25, 0.3) is 0 Å². The minimum absolute atomic E-state index is 0.0744. The molecule has 2 heterocycles. The Labute approximate surface area is 228 Å². The van der Waals surface area contributed by atoms with Crippen LogP contribution in [-0.2, 0) is 14.3 Å². The van der Waals surface area contributed by atoms with Gasteiger partial charge in [-0.15, -0.1) is 0 Å². The second-order valence-corrected chi connectivity index (χ2v) is 11.2. The molecule has 2 saturated heterocycles. The highest BCUT2D eigenvalue weighted by Crippen LogP contribution is 2.41. The first-order valence-electron chi connectivity index (χ1n) is 13.3. The maximum atomic E-state index is 14.6. The van der Waals surface area contributed by atoms with Crippen molar-refractivity contribution in [1.82, 2.24) is 4.90 Å². The topological polar surface area (TPSA) is 102 Å². The summed E-state index contributed by atoms with van der Waals surface area (Å²) in [6.45, 7) is 7.08. The fourth-order valence-electron chi connectivity index (χ4n) is 5.32. The van der Waals surface area contributed by atoms with E-state index in [4.69, 9.17) is 14.2 Å². The summed E-state index contributed by atoms with van der Waals surface area (Å²) in [6.07, 6.45) is 1.59. The molecule has 0 aromatic heterocycles. The first kappa shape index (κ1) is 28.5. The molecule has 0 saturated carbocycles. The van der Waals surface area contributed by atoms with E-state index in [1.807, 2.05) is 0 Å². The Morgan fingerprint density at radius 3 is 2.44 bits per heavy atom. The molecule has 4 atom stereocenters. The van der Waals surface area contributed by atoms with Crippen molar-refractivity contribution in [3.63, 3.8) is 0 Å². The summed E-state index contributed by atoms with van der Waals surface area (Å²) < 4.78 is 31.8.